The summed E-state index contributed by atoms with van der Waals surface area (Å²) in [5.41, 5.74) is 3.76. The van der Waals surface area contributed by atoms with Gasteiger partial charge in [0.05, 0.1) is 11.9 Å². The molecule has 1 aromatic carbocycles. The highest BCUT2D eigenvalue weighted by Gasteiger charge is 2.17. The van der Waals surface area contributed by atoms with Crippen LogP contribution in [0.5, 0.6) is 0 Å². The van der Waals surface area contributed by atoms with E-state index in [1.165, 1.54) is 5.56 Å². The van der Waals surface area contributed by atoms with Gasteiger partial charge in [-0.15, -0.1) is 10.2 Å². The van der Waals surface area contributed by atoms with E-state index in [4.69, 9.17) is 4.42 Å². The number of rotatable bonds is 3. The highest BCUT2D eigenvalue weighted by Crippen LogP contribution is 2.17. The van der Waals surface area contributed by atoms with Crippen LogP contribution >= 0.6 is 0 Å². The smallest absolute Gasteiger partial charge is 0.270 e. The predicted octanol–water partition coefficient (Wildman–Crippen LogP) is 2.21. The molecule has 0 amide bonds. The first-order valence-corrected chi connectivity index (χ1v) is 8.04. The fourth-order valence-corrected chi connectivity index (χ4v) is 2.74. The van der Waals surface area contributed by atoms with Crippen molar-refractivity contribution in [1.29, 1.82) is 0 Å². The van der Waals surface area contributed by atoms with Crippen LogP contribution < -0.4 is 5.36 Å². The minimum Gasteiger partial charge on any atom is -0.419 e. The first-order chi connectivity index (χ1) is 12.7. The van der Waals surface area contributed by atoms with Gasteiger partial charge in [0, 0.05) is 13.2 Å². The number of aromatic nitrogens is 5. The largest absolute Gasteiger partial charge is 0.419 e. The monoisotopic (exact) mass is 348 g/mol. The zero-order valence-electron chi connectivity index (χ0n) is 14.3. The summed E-state index contributed by atoms with van der Waals surface area (Å²) in [5, 5.41) is 25.6. The molecular formula is C18H16N6O2. The highest BCUT2D eigenvalue weighted by molar-refractivity contribution is 5.76. The molecule has 0 saturated heterocycles. The molecule has 0 aliphatic carbocycles. The third-order valence-corrected chi connectivity index (χ3v) is 4.08. The molecule has 0 aliphatic heterocycles. The van der Waals surface area contributed by atoms with Crippen LogP contribution in [0.1, 0.15) is 17.0 Å². The molecule has 0 unspecified atom stereocenters. The Kier molecular flexibility index (Phi) is 3.92. The van der Waals surface area contributed by atoms with E-state index in [1.54, 1.807) is 24.0 Å². The number of nitrogens with zero attached hydrogens (tertiary/aromatic N) is 6. The average Bonchev–Trinajstić information content (AvgIpc) is 3.12. The van der Waals surface area contributed by atoms with Gasteiger partial charge in [0.15, 0.2) is 11.1 Å². The van der Waals surface area contributed by atoms with Gasteiger partial charge in [-0.2, -0.15) is 5.10 Å². The summed E-state index contributed by atoms with van der Waals surface area (Å²) >= 11 is 0. The van der Waals surface area contributed by atoms with E-state index >= 15 is 0 Å². The van der Waals surface area contributed by atoms with E-state index < -0.39 is 0 Å². The Morgan fingerprint density at radius 3 is 2.73 bits per heavy atom. The molecule has 0 saturated carbocycles. The van der Waals surface area contributed by atoms with Crippen LogP contribution in [-0.2, 0) is 13.5 Å². The summed E-state index contributed by atoms with van der Waals surface area (Å²) in [6.45, 7) is 2.04. The van der Waals surface area contributed by atoms with Crippen molar-refractivity contribution in [2.45, 2.75) is 13.3 Å². The van der Waals surface area contributed by atoms with Crippen molar-refractivity contribution in [2.75, 3.05) is 0 Å². The summed E-state index contributed by atoms with van der Waals surface area (Å²) in [6, 6.07) is 11.7. The maximum atomic E-state index is 9.48. The fourth-order valence-electron chi connectivity index (χ4n) is 2.74. The highest BCUT2D eigenvalue weighted by atomic mass is 16.4. The second-order valence-electron chi connectivity index (χ2n) is 5.96. The van der Waals surface area contributed by atoms with Gasteiger partial charge in [-0.1, -0.05) is 35.0 Å². The van der Waals surface area contributed by atoms with Crippen molar-refractivity contribution in [3.05, 3.63) is 65.0 Å². The van der Waals surface area contributed by atoms with Crippen LogP contribution in [0.15, 0.2) is 52.2 Å². The summed E-state index contributed by atoms with van der Waals surface area (Å²) in [5.74, 6) is 0.640. The third-order valence-electron chi connectivity index (χ3n) is 4.08. The van der Waals surface area contributed by atoms with Gasteiger partial charge >= 0.3 is 0 Å². The first-order valence-electron chi connectivity index (χ1n) is 8.04. The Labute approximate surface area is 148 Å². The lowest BCUT2D eigenvalue weighted by Crippen LogP contribution is -2.17. The molecule has 130 valence electrons. The van der Waals surface area contributed by atoms with Crippen LogP contribution in [0.25, 0.3) is 22.6 Å². The quantitative estimate of drug-likeness (QED) is 0.450. The molecule has 0 spiro atoms. The molecule has 1 N–H and O–H groups in total. The van der Waals surface area contributed by atoms with Crippen molar-refractivity contribution in [2.24, 2.45) is 12.2 Å². The van der Waals surface area contributed by atoms with Gasteiger partial charge in [-0.05, 0) is 24.6 Å². The molecule has 0 atom stereocenters. The van der Waals surface area contributed by atoms with Crippen LogP contribution in [0.2, 0.25) is 0 Å². The van der Waals surface area contributed by atoms with E-state index in [-0.39, 0.29) is 16.9 Å². The van der Waals surface area contributed by atoms with Gasteiger partial charge in [-0.3, -0.25) is 9.67 Å². The molecule has 8 nitrogen and oxygen atoms in total. The number of fused-ring (bicyclic) bond motifs is 1. The lowest BCUT2D eigenvalue weighted by molar-refractivity contribution is 0.302. The second kappa shape index (κ2) is 6.40. The van der Waals surface area contributed by atoms with Gasteiger partial charge in [0.1, 0.15) is 5.52 Å². The maximum absolute atomic E-state index is 9.48. The van der Waals surface area contributed by atoms with Gasteiger partial charge in [-0.25, -0.2) is 0 Å². The van der Waals surface area contributed by atoms with E-state index in [1.807, 2.05) is 37.3 Å². The number of hydrogen-bond acceptors (Lipinski definition) is 7. The zero-order valence-corrected chi connectivity index (χ0v) is 14.3. The lowest BCUT2D eigenvalue weighted by Gasteiger charge is -2.05. The lowest BCUT2D eigenvalue weighted by atomic mass is 10.1. The molecule has 0 fully saturated rings. The molecule has 3 heterocycles. The van der Waals surface area contributed by atoms with Gasteiger partial charge in [0.2, 0.25) is 5.89 Å². The maximum Gasteiger partial charge on any atom is 0.270 e. The van der Waals surface area contributed by atoms with E-state index in [0.717, 1.165) is 11.1 Å². The summed E-state index contributed by atoms with van der Waals surface area (Å²) < 4.78 is 7.39. The average molecular weight is 348 g/mol. The molecule has 4 aromatic rings. The Balaban J connectivity index is 1.77. The van der Waals surface area contributed by atoms with Crippen molar-refractivity contribution in [1.82, 2.24) is 25.0 Å². The topological polar surface area (TPSA) is 102 Å². The van der Waals surface area contributed by atoms with E-state index in [0.29, 0.717) is 17.8 Å². The minimum atomic E-state index is 0.183. The normalized spacial score (nSPS) is 12.0. The molecule has 4 rings (SSSR count). The Morgan fingerprint density at radius 1 is 1.15 bits per heavy atom. The SMILES string of the molecule is Cc1ccc(Cc2nnc(-c3nn(C)c4cccnc4/c3=N/O)o2)cc1. The second-order valence-corrected chi connectivity index (χ2v) is 5.96. The molecule has 0 bridgehead atoms. The van der Waals surface area contributed by atoms with E-state index in [2.05, 4.69) is 25.4 Å². The number of aryl methyl sites for hydroxylation is 2. The van der Waals surface area contributed by atoms with Crippen molar-refractivity contribution in [3.8, 4) is 11.6 Å². The molecule has 8 heteroatoms. The van der Waals surface area contributed by atoms with Crippen LogP contribution in [0.4, 0.5) is 0 Å². The Morgan fingerprint density at radius 2 is 1.96 bits per heavy atom. The van der Waals surface area contributed by atoms with E-state index in [9.17, 15) is 5.21 Å². The Hall–Kier alpha value is -3.55. The Bertz CT molecular complexity index is 1140. The number of hydrogen-bond donors (Lipinski definition) is 1. The van der Waals surface area contributed by atoms with Crippen LogP contribution in [0, 0.1) is 6.92 Å². The van der Waals surface area contributed by atoms with Crippen LogP contribution in [0.3, 0.4) is 0 Å². The number of benzene rings is 1. The van der Waals surface area contributed by atoms with Crippen molar-refractivity contribution >= 4 is 11.0 Å². The molecule has 3 aromatic heterocycles. The zero-order chi connectivity index (χ0) is 18.1. The minimum absolute atomic E-state index is 0.183. The summed E-state index contributed by atoms with van der Waals surface area (Å²) in [7, 11) is 1.78. The molecule has 0 radical (unpaired) electrons. The predicted molar refractivity (Wildman–Crippen MR) is 93.1 cm³/mol. The van der Waals surface area contributed by atoms with Crippen molar-refractivity contribution < 1.29 is 9.62 Å². The summed E-state index contributed by atoms with van der Waals surface area (Å²) in [6.07, 6.45) is 2.13. The first kappa shape index (κ1) is 15.9. The summed E-state index contributed by atoms with van der Waals surface area (Å²) in [4.78, 5) is 4.28. The van der Waals surface area contributed by atoms with Gasteiger partial charge in [0.25, 0.3) is 5.89 Å². The molecule has 26 heavy (non-hydrogen) atoms. The van der Waals surface area contributed by atoms with Crippen molar-refractivity contribution in [3.63, 3.8) is 0 Å². The fraction of sp³-hybridized carbons (Fsp3) is 0.167. The van der Waals surface area contributed by atoms with Gasteiger partial charge < -0.3 is 9.62 Å². The standard InChI is InChI=1S/C18H16N6O2/c1-11-5-7-12(8-6-11)10-14-20-21-18(26-14)17-16(23-25)15-13(24(2)22-17)4-3-9-19-15/h3-9,25H,10H2,1-2H3/b23-16-. The third kappa shape index (κ3) is 2.81. The van der Waals surface area contributed by atoms with Crippen LogP contribution in [-0.4, -0.2) is 30.2 Å². The number of pyridine rings is 1. The molecular weight excluding hydrogens is 332 g/mol. The molecule has 0 aliphatic rings.